The van der Waals surface area contributed by atoms with Gasteiger partial charge in [-0.15, -0.1) is 0 Å². The minimum Gasteiger partial charge on any atom is -0.335 e. The molecule has 0 aliphatic rings. The summed E-state index contributed by atoms with van der Waals surface area (Å²) in [6, 6.07) is 15.6. The summed E-state index contributed by atoms with van der Waals surface area (Å²) in [7, 11) is 0. The van der Waals surface area contributed by atoms with Crippen molar-refractivity contribution in [3.8, 4) is 0 Å². The highest BCUT2D eigenvalue weighted by atomic mass is 79.9. The van der Waals surface area contributed by atoms with Crippen LogP contribution in [-0.2, 0) is 6.54 Å². The minimum atomic E-state index is 0.0377. The third-order valence-electron chi connectivity index (χ3n) is 3.05. The van der Waals surface area contributed by atoms with Gasteiger partial charge in [0.05, 0.1) is 5.56 Å². The van der Waals surface area contributed by atoms with Crippen molar-refractivity contribution in [1.29, 1.82) is 0 Å². The van der Waals surface area contributed by atoms with Crippen molar-refractivity contribution < 1.29 is 4.79 Å². The summed E-state index contributed by atoms with van der Waals surface area (Å²) in [5.74, 6) is 0.0377. The highest BCUT2D eigenvalue weighted by Gasteiger charge is 2.17. The van der Waals surface area contributed by atoms with Crippen LogP contribution in [0.15, 0.2) is 57.5 Å². The second-order valence-electron chi connectivity index (χ2n) is 4.43. The average Bonchev–Trinajstić information content (AvgIpc) is 2.45. The Balaban J connectivity index is 2.21. The van der Waals surface area contributed by atoms with E-state index in [9.17, 15) is 4.79 Å². The molecule has 0 spiro atoms. The third-order valence-corrected chi connectivity index (χ3v) is 4.20. The zero-order chi connectivity index (χ0) is 14.5. The predicted molar refractivity (Wildman–Crippen MR) is 88.7 cm³/mol. The van der Waals surface area contributed by atoms with Gasteiger partial charge in [0.25, 0.3) is 5.91 Å². The molecule has 0 fully saturated rings. The highest BCUT2D eigenvalue weighted by Crippen LogP contribution is 2.23. The summed E-state index contributed by atoms with van der Waals surface area (Å²) in [5.41, 5.74) is 1.82. The van der Waals surface area contributed by atoms with Gasteiger partial charge in [0.2, 0.25) is 0 Å². The molecule has 0 aliphatic heterocycles. The van der Waals surface area contributed by atoms with Gasteiger partial charge in [-0.25, -0.2) is 0 Å². The van der Waals surface area contributed by atoms with Crippen LogP contribution in [0, 0.1) is 0 Å². The predicted octanol–water partition coefficient (Wildman–Crippen LogP) is 4.87. The first-order chi connectivity index (χ1) is 9.61. The van der Waals surface area contributed by atoms with E-state index in [2.05, 4.69) is 31.9 Å². The van der Waals surface area contributed by atoms with Crippen molar-refractivity contribution in [1.82, 2.24) is 4.90 Å². The van der Waals surface area contributed by atoms with E-state index in [1.807, 2.05) is 60.4 Å². The van der Waals surface area contributed by atoms with Crippen molar-refractivity contribution in [2.45, 2.75) is 13.5 Å². The summed E-state index contributed by atoms with van der Waals surface area (Å²) in [4.78, 5) is 14.4. The van der Waals surface area contributed by atoms with E-state index in [0.717, 1.165) is 14.5 Å². The summed E-state index contributed by atoms with van der Waals surface area (Å²) in [6.07, 6.45) is 0. The van der Waals surface area contributed by atoms with Gasteiger partial charge in [-0.3, -0.25) is 4.79 Å². The van der Waals surface area contributed by atoms with Crippen molar-refractivity contribution in [2.75, 3.05) is 6.54 Å². The molecule has 0 aliphatic carbocycles. The lowest BCUT2D eigenvalue weighted by Crippen LogP contribution is -2.30. The van der Waals surface area contributed by atoms with Gasteiger partial charge in [-0.2, -0.15) is 0 Å². The van der Waals surface area contributed by atoms with Crippen molar-refractivity contribution in [2.24, 2.45) is 0 Å². The largest absolute Gasteiger partial charge is 0.335 e. The molecule has 0 saturated carbocycles. The van der Waals surface area contributed by atoms with Crippen LogP contribution in [0.3, 0.4) is 0 Å². The normalized spacial score (nSPS) is 10.3. The van der Waals surface area contributed by atoms with E-state index >= 15 is 0 Å². The van der Waals surface area contributed by atoms with Gasteiger partial charge < -0.3 is 4.90 Å². The first kappa shape index (κ1) is 15.3. The molecule has 0 N–H and O–H groups in total. The standard InChI is InChI=1S/C16H15Br2NO/c1-2-19(11-12-6-4-3-5-7-12)16(20)14-9-8-13(17)10-15(14)18/h3-10H,2,11H2,1H3. The monoisotopic (exact) mass is 395 g/mol. The number of benzene rings is 2. The molecule has 0 heterocycles. The fraction of sp³-hybridized carbons (Fsp3) is 0.188. The van der Waals surface area contributed by atoms with Gasteiger partial charge in [0, 0.05) is 22.0 Å². The highest BCUT2D eigenvalue weighted by molar-refractivity contribution is 9.11. The Bertz CT molecular complexity index is 599. The van der Waals surface area contributed by atoms with Crippen LogP contribution in [-0.4, -0.2) is 17.4 Å². The Kier molecular flexibility index (Phi) is 5.38. The molecule has 0 bridgehead atoms. The van der Waals surface area contributed by atoms with Gasteiger partial charge in [0.15, 0.2) is 0 Å². The van der Waals surface area contributed by atoms with E-state index < -0.39 is 0 Å². The molecule has 0 aromatic heterocycles. The van der Waals surface area contributed by atoms with Gasteiger partial charge in [0.1, 0.15) is 0 Å². The van der Waals surface area contributed by atoms with Crippen molar-refractivity contribution in [3.05, 3.63) is 68.6 Å². The number of carbonyl (C=O) groups excluding carboxylic acids is 1. The third kappa shape index (κ3) is 3.70. The lowest BCUT2D eigenvalue weighted by molar-refractivity contribution is 0.0751. The van der Waals surface area contributed by atoms with E-state index in [1.165, 1.54) is 0 Å². The number of amides is 1. The molecule has 1 amide bonds. The van der Waals surface area contributed by atoms with Crippen LogP contribution in [0.4, 0.5) is 0 Å². The first-order valence-electron chi connectivity index (χ1n) is 6.40. The Labute approximate surface area is 136 Å². The van der Waals surface area contributed by atoms with Gasteiger partial charge >= 0.3 is 0 Å². The first-order valence-corrected chi connectivity index (χ1v) is 7.98. The molecular formula is C16H15Br2NO. The summed E-state index contributed by atoms with van der Waals surface area (Å²) >= 11 is 6.85. The molecule has 2 nitrogen and oxygen atoms in total. The van der Waals surface area contributed by atoms with Crippen LogP contribution in [0.25, 0.3) is 0 Å². The topological polar surface area (TPSA) is 20.3 Å². The molecule has 20 heavy (non-hydrogen) atoms. The number of carbonyl (C=O) groups is 1. The minimum absolute atomic E-state index is 0.0377. The SMILES string of the molecule is CCN(Cc1ccccc1)C(=O)c1ccc(Br)cc1Br. The molecule has 2 aromatic carbocycles. The second-order valence-corrected chi connectivity index (χ2v) is 6.20. The second kappa shape index (κ2) is 7.04. The fourth-order valence-corrected chi connectivity index (χ4v) is 3.18. The Hall–Kier alpha value is -1.13. The molecule has 2 rings (SSSR count). The van der Waals surface area contributed by atoms with Crippen LogP contribution in [0.5, 0.6) is 0 Å². The van der Waals surface area contributed by atoms with Crippen molar-refractivity contribution in [3.63, 3.8) is 0 Å². The van der Waals surface area contributed by atoms with Crippen LogP contribution in [0.2, 0.25) is 0 Å². The van der Waals surface area contributed by atoms with E-state index in [0.29, 0.717) is 18.7 Å². The van der Waals surface area contributed by atoms with Crippen molar-refractivity contribution >= 4 is 37.8 Å². The molecule has 0 radical (unpaired) electrons. The maximum atomic E-state index is 12.6. The summed E-state index contributed by atoms with van der Waals surface area (Å²) < 4.78 is 1.76. The van der Waals surface area contributed by atoms with Crippen LogP contribution < -0.4 is 0 Å². The molecule has 0 atom stereocenters. The molecule has 0 saturated heterocycles. The number of nitrogens with zero attached hydrogens (tertiary/aromatic N) is 1. The van der Waals surface area contributed by atoms with Crippen LogP contribution >= 0.6 is 31.9 Å². The quantitative estimate of drug-likeness (QED) is 0.721. The van der Waals surface area contributed by atoms with Gasteiger partial charge in [-0.05, 0) is 46.6 Å². The lowest BCUT2D eigenvalue weighted by Gasteiger charge is -2.21. The maximum Gasteiger partial charge on any atom is 0.255 e. The van der Waals surface area contributed by atoms with E-state index in [4.69, 9.17) is 0 Å². The molecule has 4 heteroatoms. The number of hydrogen-bond acceptors (Lipinski definition) is 1. The number of halogens is 2. The molecule has 2 aromatic rings. The zero-order valence-corrected chi connectivity index (χ0v) is 14.3. The number of hydrogen-bond donors (Lipinski definition) is 0. The average molecular weight is 397 g/mol. The lowest BCUT2D eigenvalue weighted by atomic mass is 10.1. The maximum absolute atomic E-state index is 12.6. The Morgan fingerprint density at radius 2 is 1.80 bits per heavy atom. The fourth-order valence-electron chi connectivity index (χ4n) is 1.96. The Morgan fingerprint density at radius 1 is 1.10 bits per heavy atom. The summed E-state index contributed by atoms with van der Waals surface area (Å²) in [6.45, 7) is 3.29. The molecule has 0 unspecified atom stereocenters. The summed E-state index contributed by atoms with van der Waals surface area (Å²) in [5, 5.41) is 0. The molecule has 104 valence electrons. The smallest absolute Gasteiger partial charge is 0.255 e. The molecular weight excluding hydrogens is 382 g/mol. The zero-order valence-electron chi connectivity index (χ0n) is 11.1. The van der Waals surface area contributed by atoms with E-state index in [-0.39, 0.29) is 5.91 Å². The Morgan fingerprint density at radius 3 is 2.40 bits per heavy atom. The van der Waals surface area contributed by atoms with Crippen LogP contribution in [0.1, 0.15) is 22.8 Å². The van der Waals surface area contributed by atoms with Gasteiger partial charge in [-0.1, -0.05) is 46.3 Å². The number of rotatable bonds is 4. The van der Waals surface area contributed by atoms with E-state index in [1.54, 1.807) is 0 Å².